The number of ether oxygens (including phenoxy) is 1. The Morgan fingerprint density at radius 2 is 2.00 bits per heavy atom. The van der Waals surface area contributed by atoms with Gasteiger partial charge in [-0.1, -0.05) is 25.1 Å². The van der Waals surface area contributed by atoms with Crippen LogP contribution < -0.4 is 15.6 Å². The quantitative estimate of drug-likeness (QED) is 0.693. The maximum absolute atomic E-state index is 13.7. The molecule has 1 N–H and O–H groups in total. The first-order chi connectivity index (χ1) is 13.9. The molecule has 0 saturated heterocycles. The highest BCUT2D eigenvalue weighted by Gasteiger charge is 2.15. The molecule has 1 amide bonds. The monoisotopic (exact) mass is 395 g/mol. The second-order valence-electron chi connectivity index (χ2n) is 6.61. The number of methoxy groups -OCH3 is 1. The number of carbonyl (C=O) groups excluding carboxylic acids is 1. The number of halogens is 1. The fourth-order valence-electron chi connectivity index (χ4n) is 2.99. The molecule has 0 bridgehead atoms. The Morgan fingerprint density at radius 3 is 2.69 bits per heavy atom. The molecule has 2 aromatic carbocycles. The Kier molecular flexibility index (Phi) is 6.07. The lowest BCUT2D eigenvalue weighted by molar-refractivity contribution is -0.116. The minimum absolute atomic E-state index is 0.250. The fourth-order valence-corrected chi connectivity index (χ4v) is 2.99. The van der Waals surface area contributed by atoms with E-state index in [0.29, 0.717) is 29.1 Å². The van der Waals surface area contributed by atoms with E-state index in [1.807, 2.05) is 19.9 Å². The topological polar surface area (TPSA) is 73.2 Å². The van der Waals surface area contributed by atoms with Crippen molar-refractivity contribution in [3.63, 3.8) is 0 Å². The van der Waals surface area contributed by atoms with Crippen LogP contribution in [0.25, 0.3) is 11.4 Å². The zero-order valence-electron chi connectivity index (χ0n) is 16.5. The zero-order valence-corrected chi connectivity index (χ0v) is 16.5. The lowest BCUT2D eigenvalue weighted by Crippen LogP contribution is -2.30. The zero-order chi connectivity index (χ0) is 21.0. The van der Waals surface area contributed by atoms with E-state index in [4.69, 9.17) is 4.74 Å². The molecular weight excluding hydrogens is 373 g/mol. The van der Waals surface area contributed by atoms with Crippen molar-refractivity contribution >= 4 is 11.6 Å². The van der Waals surface area contributed by atoms with Gasteiger partial charge in [-0.3, -0.25) is 14.2 Å². The molecule has 0 aliphatic rings. The maximum Gasteiger partial charge on any atom is 0.254 e. The van der Waals surface area contributed by atoms with E-state index in [1.54, 1.807) is 18.2 Å². The van der Waals surface area contributed by atoms with Crippen LogP contribution in [0.4, 0.5) is 10.1 Å². The first-order valence-electron chi connectivity index (χ1n) is 9.22. The van der Waals surface area contributed by atoms with Crippen LogP contribution in [0, 0.1) is 12.7 Å². The highest BCUT2D eigenvalue weighted by molar-refractivity contribution is 5.92. The average Bonchev–Trinajstić information content (AvgIpc) is 2.69. The number of aromatic nitrogens is 2. The van der Waals surface area contributed by atoms with Crippen LogP contribution in [0.1, 0.15) is 18.2 Å². The van der Waals surface area contributed by atoms with E-state index in [1.165, 1.54) is 35.9 Å². The molecule has 0 unspecified atom stereocenters. The number of benzene rings is 2. The van der Waals surface area contributed by atoms with E-state index in [9.17, 15) is 14.0 Å². The molecule has 1 aromatic heterocycles. The van der Waals surface area contributed by atoms with Crippen LogP contribution in [0.3, 0.4) is 0 Å². The Balaban J connectivity index is 1.97. The van der Waals surface area contributed by atoms with Crippen LogP contribution in [0.15, 0.2) is 53.3 Å². The Hall–Kier alpha value is -3.48. The summed E-state index contributed by atoms with van der Waals surface area (Å²) in [5.74, 6) is -0.0971. The second-order valence-corrected chi connectivity index (χ2v) is 6.61. The molecular formula is C22H22FN3O3. The van der Waals surface area contributed by atoms with Crippen molar-refractivity contribution in [2.45, 2.75) is 26.8 Å². The molecule has 0 radical (unpaired) electrons. The molecule has 6 nitrogen and oxygen atoms in total. The van der Waals surface area contributed by atoms with Gasteiger partial charge in [0.15, 0.2) is 0 Å². The molecule has 150 valence electrons. The molecule has 0 spiro atoms. The van der Waals surface area contributed by atoms with Crippen molar-refractivity contribution in [1.29, 1.82) is 0 Å². The lowest BCUT2D eigenvalue weighted by Gasteiger charge is -2.15. The Labute approximate surface area is 168 Å². The molecule has 0 atom stereocenters. The highest BCUT2D eigenvalue weighted by atomic mass is 19.1. The van der Waals surface area contributed by atoms with E-state index in [-0.39, 0.29) is 17.9 Å². The van der Waals surface area contributed by atoms with Crippen LogP contribution in [0.2, 0.25) is 0 Å². The van der Waals surface area contributed by atoms with Crippen LogP contribution >= 0.6 is 0 Å². The number of nitrogens with zero attached hydrogens (tertiary/aromatic N) is 2. The molecule has 0 aliphatic heterocycles. The van der Waals surface area contributed by atoms with E-state index < -0.39 is 11.7 Å². The molecule has 3 aromatic rings. The van der Waals surface area contributed by atoms with Gasteiger partial charge in [-0.25, -0.2) is 9.37 Å². The van der Waals surface area contributed by atoms with Gasteiger partial charge in [-0.05, 0) is 43.2 Å². The van der Waals surface area contributed by atoms with Crippen molar-refractivity contribution in [2.24, 2.45) is 0 Å². The second kappa shape index (κ2) is 8.68. The predicted molar refractivity (Wildman–Crippen MR) is 110 cm³/mol. The summed E-state index contributed by atoms with van der Waals surface area (Å²) in [4.78, 5) is 29.8. The van der Waals surface area contributed by atoms with Crippen LogP contribution in [-0.4, -0.2) is 22.6 Å². The summed E-state index contributed by atoms with van der Waals surface area (Å²) in [6, 6.07) is 12.6. The third kappa shape index (κ3) is 4.68. The number of hydrogen-bond acceptors (Lipinski definition) is 4. The standard InChI is InChI=1S/C22H22FN3O3/c1-4-17-12-21(28)26(22(24-17)15-6-5-7-16(23)11-15)13-20(27)25-18-10-14(2)8-9-19(18)29-3/h5-12H,4,13H2,1-3H3,(H,25,27). The number of anilines is 1. The molecule has 0 aliphatic carbocycles. The third-order valence-electron chi connectivity index (χ3n) is 4.44. The van der Waals surface area contributed by atoms with Gasteiger partial charge in [0.1, 0.15) is 23.9 Å². The summed E-state index contributed by atoms with van der Waals surface area (Å²) in [5.41, 5.74) is 2.09. The van der Waals surface area contributed by atoms with Gasteiger partial charge in [0.25, 0.3) is 5.56 Å². The van der Waals surface area contributed by atoms with Crippen molar-refractivity contribution in [1.82, 2.24) is 9.55 Å². The normalized spacial score (nSPS) is 10.6. The molecule has 29 heavy (non-hydrogen) atoms. The van der Waals surface area contributed by atoms with Gasteiger partial charge >= 0.3 is 0 Å². The lowest BCUT2D eigenvalue weighted by atomic mass is 10.2. The smallest absolute Gasteiger partial charge is 0.254 e. The Bertz CT molecular complexity index is 1110. The fraction of sp³-hybridized carbons (Fsp3) is 0.227. The number of rotatable bonds is 6. The minimum Gasteiger partial charge on any atom is -0.495 e. The Morgan fingerprint density at radius 1 is 1.21 bits per heavy atom. The SMILES string of the molecule is CCc1cc(=O)n(CC(=O)Nc2cc(C)ccc2OC)c(-c2cccc(F)c2)n1. The highest BCUT2D eigenvalue weighted by Crippen LogP contribution is 2.25. The number of hydrogen-bond donors (Lipinski definition) is 1. The van der Waals surface area contributed by atoms with Gasteiger partial charge in [0.2, 0.25) is 5.91 Å². The number of carbonyl (C=O) groups is 1. The van der Waals surface area contributed by atoms with Crippen molar-refractivity contribution in [3.8, 4) is 17.1 Å². The molecule has 0 fully saturated rings. The minimum atomic E-state index is -0.445. The summed E-state index contributed by atoms with van der Waals surface area (Å²) in [7, 11) is 1.51. The van der Waals surface area contributed by atoms with Crippen molar-refractivity contribution in [3.05, 3.63) is 76.0 Å². The van der Waals surface area contributed by atoms with Gasteiger partial charge in [-0.2, -0.15) is 0 Å². The first kappa shape index (κ1) is 20.3. The third-order valence-corrected chi connectivity index (χ3v) is 4.44. The average molecular weight is 395 g/mol. The van der Waals surface area contributed by atoms with Gasteiger partial charge in [-0.15, -0.1) is 0 Å². The largest absolute Gasteiger partial charge is 0.495 e. The van der Waals surface area contributed by atoms with Gasteiger partial charge < -0.3 is 10.1 Å². The van der Waals surface area contributed by atoms with Crippen molar-refractivity contribution < 1.29 is 13.9 Å². The van der Waals surface area contributed by atoms with Crippen LogP contribution in [0.5, 0.6) is 5.75 Å². The maximum atomic E-state index is 13.7. The number of aryl methyl sites for hydroxylation is 2. The summed E-state index contributed by atoms with van der Waals surface area (Å²) >= 11 is 0. The van der Waals surface area contributed by atoms with Crippen molar-refractivity contribution in [2.75, 3.05) is 12.4 Å². The summed E-state index contributed by atoms with van der Waals surface area (Å²) in [6.45, 7) is 3.51. The van der Waals surface area contributed by atoms with E-state index >= 15 is 0 Å². The summed E-state index contributed by atoms with van der Waals surface area (Å²) in [6.07, 6.45) is 0.547. The van der Waals surface area contributed by atoms with Crippen LogP contribution in [-0.2, 0) is 17.8 Å². The van der Waals surface area contributed by atoms with E-state index in [0.717, 1.165) is 5.56 Å². The first-order valence-corrected chi connectivity index (χ1v) is 9.22. The number of amides is 1. The molecule has 0 saturated carbocycles. The van der Waals surface area contributed by atoms with Gasteiger partial charge in [0.05, 0.1) is 12.8 Å². The number of nitrogens with one attached hydrogen (secondary N) is 1. The van der Waals surface area contributed by atoms with E-state index in [2.05, 4.69) is 10.3 Å². The molecule has 1 heterocycles. The molecule has 3 rings (SSSR count). The molecule has 7 heteroatoms. The van der Waals surface area contributed by atoms with Gasteiger partial charge in [0, 0.05) is 17.3 Å². The summed E-state index contributed by atoms with van der Waals surface area (Å²) < 4.78 is 20.2. The summed E-state index contributed by atoms with van der Waals surface area (Å²) in [5, 5.41) is 2.77. The predicted octanol–water partition coefficient (Wildman–Crippen LogP) is 3.57.